The molecule has 0 aliphatic heterocycles. The SMILES string of the molecule is CCNC(CN(C)C(C)CC)c1cc(C)cc(C)c1. The third-order valence-electron chi connectivity index (χ3n) is 3.91. The van der Waals surface area contributed by atoms with E-state index in [1.165, 1.54) is 23.1 Å². The topological polar surface area (TPSA) is 15.3 Å². The molecule has 2 unspecified atom stereocenters. The molecule has 0 bridgehead atoms. The molecule has 108 valence electrons. The molecule has 19 heavy (non-hydrogen) atoms. The van der Waals surface area contributed by atoms with Crippen LogP contribution in [0.5, 0.6) is 0 Å². The van der Waals surface area contributed by atoms with Crippen LogP contribution in [-0.4, -0.2) is 31.1 Å². The first kappa shape index (κ1) is 16.2. The van der Waals surface area contributed by atoms with Gasteiger partial charge in [0.05, 0.1) is 0 Å². The second-order valence-electron chi connectivity index (χ2n) is 5.73. The van der Waals surface area contributed by atoms with E-state index in [-0.39, 0.29) is 0 Å². The predicted molar refractivity (Wildman–Crippen MR) is 84.7 cm³/mol. The lowest BCUT2D eigenvalue weighted by molar-refractivity contribution is 0.225. The molecule has 1 N–H and O–H groups in total. The number of hydrogen-bond acceptors (Lipinski definition) is 2. The van der Waals surface area contributed by atoms with Crippen LogP contribution in [0.15, 0.2) is 18.2 Å². The lowest BCUT2D eigenvalue weighted by Gasteiger charge is -2.29. The van der Waals surface area contributed by atoms with Gasteiger partial charge in [0.1, 0.15) is 0 Å². The summed E-state index contributed by atoms with van der Waals surface area (Å²) < 4.78 is 0. The van der Waals surface area contributed by atoms with Crippen molar-refractivity contribution in [1.82, 2.24) is 10.2 Å². The molecule has 0 heterocycles. The average Bonchev–Trinajstić information content (AvgIpc) is 2.35. The lowest BCUT2D eigenvalue weighted by Crippen LogP contribution is -2.37. The van der Waals surface area contributed by atoms with Gasteiger partial charge in [-0.1, -0.05) is 43.2 Å². The highest BCUT2D eigenvalue weighted by Crippen LogP contribution is 2.19. The Bertz CT molecular complexity index is 367. The summed E-state index contributed by atoms with van der Waals surface area (Å²) in [6, 6.07) is 7.91. The molecule has 1 aromatic carbocycles. The zero-order valence-corrected chi connectivity index (χ0v) is 13.5. The van der Waals surface area contributed by atoms with E-state index in [9.17, 15) is 0 Å². The minimum absolute atomic E-state index is 0.419. The van der Waals surface area contributed by atoms with Gasteiger partial charge in [0.25, 0.3) is 0 Å². The molecule has 0 spiro atoms. The van der Waals surface area contributed by atoms with E-state index in [2.05, 4.69) is 70.1 Å². The van der Waals surface area contributed by atoms with Gasteiger partial charge in [-0.15, -0.1) is 0 Å². The fraction of sp³-hybridized carbons (Fsp3) is 0.647. The summed E-state index contributed by atoms with van der Waals surface area (Å²) in [5, 5.41) is 3.62. The molecular weight excluding hydrogens is 232 g/mol. The highest BCUT2D eigenvalue weighted by Gasteiger charge is 2.16. The Morgan fingerprint density at radius 1 is 1.11 bits per heavy atom. The summed E-state index contributed by atoms with van der Waals surface area (Å²) in [5.41, 5.74) is 4.11. The van der Waals surface area contributed by atoms with Crippen molar-refractivity contribution in [1.29, 1.82) is 0 Å². The van der Waals surface area contributed by atoms with Crippen LogP contribution in [0.25, 0.3) is 0 Å². The number of benzene rings is 1. The largest absolute Gasteiger partial charge is 0.309 e. The smallest absolute Gasteiger partial charge is 0.0449 e. The Hall–Kier alpha value is -0.860. The van der Waals surface area contributed by atoms with E-state index < -0.39 is 0 Å². The molecule has 0 aliphatic rings. The van der Waals surface area contributed by atoms with Crippen LogP contribution in [0.1, 0.15) is 49.9 Å². The minimum Gasteiger partial charge on any atom is -0.309 e. The van der Waals surface area contributed by atoms with Crippen LogP contribution in [0.2, 0.25) is 0 Å². The summed E-state index contributed by atoms with van der Waals surface area (Å²) in [5.74, 6) is 0. The fourth-order valence-corrected chi connectivity index (χ4v) is 2.52. The van der Waals surface area contributed by atoms with Crippen molar-refractivity contribution in [3.63, 3.8) is 0 Å². The summed E-state index contributed by atoms with van der Waals surface area (Å²) in [6.07, 6.45) is 1.20. The van der Waals surface area contributed by atoms with E-state index in [4.69, 9.17) is 0 Å². The Morgan fingerprint density at radius 3 is 2.16 bits per heavy atom. The maximum absolute atomic E-state index is 3.62. The zero-order valence-electron chi connectivity index (χ0n) is 13.5. The first-order valence-electron chi connectivity index (χ1n) is 7.49. The number of aryl methyl sites for hydroxylation is 2. The number of rotatable bonds is 7. The van der Waals surface area contributed by atoms with Crippen LogP contribution >= 0.6 is 0 Å². The Kier molecular flexibility index (Phi) is 6.53. The van der Waals surface area contributed by atoms with E-state index in [1.54, 1.807) is 0 Å². The lowest BCUT2D eigenvalue weighted by atomic mass is 10.0. The first-order chi connectivity index (χ1) is 8.97. The van der Waals surface area contributed by atoms with Gasteiger partial charge in [0.2, 0.25) is 0 Å². The molecule has 0 saturated heterocycles. The molecule has 2 nitrogen and oxygen atoms in total. The molecule has 0 fully saturated rings. The van der Waals surface area contributed by atoms with Gasteiger partial charge in [-0.25, -0.2) is 0 Å². The molecule has 0 aliphatic carbocycles. The van der Waals surface area contributed by atoms with E-state index in [0.29, 0.717) is 12.1 Å². The van der Waals surface area contributed by atoms with Gasteiger partial charge < -0.3 is 10.2 Å². The third kappa shape index (κ3) is 4.96. The van der Waals surface area contributed by atoms with Crippen molar-refractivity contribution in [2.75, 3.05) is 20.1 Å². The quantitative estimate of drug-likeness (QED) is 0.806. The average molecular weight is 262 g/mol. The van der Waals surface area contributed by atoms with Crippen molar-refractivity contribution in [3.05, 3.63) is 34.9 Å². The van der Waals surface area contributed by atoms with E-state index in [1.807, 2.05) is 0 Å². The molecule has 2 heteroatoms. The number of nitrogens with zero attached hydrogens (tertiary/aromatic N) is 1. The predicted octanol–water partition coefficient (Wildman–Crippen LogP) is 3.68. The molecule has 1 rings (SSSR count). The number of nitrogens with one attached hydrogen (secondary N) is 1. The zero-order chi connectivity index (χ0) is 14.4. The van der Waals surface area contributed by atoms with Crippen molar-refractivity contribution >= 4 is 0 Å². The van der Waals surface area contributed by atoms with Gasteiger partial charge in [0.15, 0.2) is 0 Å². The van der Waals surface area contributed by atoms with Gasteiger partial charge in [-0.3, -0.25) is 0 Å². The maximum atomic E-state index is 3.62. The number of hydrogen-bond donors (Lipinski definition) is 1. The van der Waals surface area contributed by atoms with E-state index in [0.717, 1.165) is 13.1 Å². The van der Waals surface area contributed by atoms with Crippen molar-refractivity contribution in [3.8, 4) is 0 Å². The van der Waals surface area contributed by atoms with Crippen molar-refractivity contribution in [2.24, 2.45) is 0 Å². The van der Waals surface area contributed by atoms with Crippen LogP contribution in [0, 0.1) is 13.8 Å². The normalized spacial score (nSPS) is 14.7. The van der Waals surface area contributed by atoms with Gasteiger partial charge in [-0.05, 0) is 46.3 Å². The minimum atomic E-state index is 0.419. The molecule has 0 saturated carbocycles. The molecule has 1 aromatic rings. The molecule has 0 amide bonds. The highest BCUT2D eigenvalue weighted by atomic mass is 15.1. The van der Waals surface area contributed by atoms with Crippen LogP contribution in [0.4, 0.5) is 0 Å². The first-order valence-corrected chi connectivity index (χ1v) is 7.49. The van der Waals surface area contributed by atoms with E-state index >= 15 is 0 Å². The van der Waals surface area contributed by atoms with Crippen molar-refractivity contribution < 1.29 is 0 Å². The van der Waals surface area contributed by atoms with Crippen LogP contribution in [0.3, 0.4) is 0 Å². The Morgan fingerprint density at radius 2 is 1.68 bits per heavy atom. The van der Waals surface area contributed by atoms with Gasteiger partial charge in [0, 0.05) is 18.6 Å². The van der Waals surface area contributed by atoms with Crippen LogP contribution in [-0.2, 0) is 0 Å². The Labute approximate surface area is 119 Å². The molecule has 2 atom stereocenters. The van der Waals surface area contributed by atoms with Crippen LogP contribution < -0.4 is 5.32 Å². The third-order valence-corrected chi connectivity index (χ3v) is 3.91. The molecule has 0 radical (unpaired) electrons. The monoisotopic (exact) mass is 262 g/mol. The molecular formula is C17H30N2. The standard InChI is InChI=1S/C17H30N2/c1-7-15(5)19(6)12-17(18-8-2)16-10-13(3)9-14(4)11-16/h9-11,15,17-18H,7-8,12H2,1-6H3. The summed E-state index contributed by atoms with van der Waals surface area (Å²) >= 11 is 0. The van der Waals surface area contributed by atoms with Gasteiger partial charge >= 0.3 is 0 Å². The second kappa shape index (κ2) is 7.66. The fourth-order valence-electron chi connectivity index (χ4n) is 2.52. The second-order valence-corrected chi connectivity index (χ2v) is 5.73. The Balaban J connectivity index is 2.87. The van der Waals surface area contributed by atoms with Crippen molar-refractivity contribution in [2.45, 2.75) is 53.1 Å². The number of likely N-dealkylation sites (N-methyl/N-ethyl adjacent to an activating group) is 2. The maximum Gasteiger partial charge on any atom is 0.0449 e. The van der Waals surface area contributed by atoms with Gasteiger partial charge in [-0.2, -0.15) is 0 Å². The summed E-state index contributed by atoms with van der Waals surface area (Å²) in [6.45, 7) is 13.1. The summed E-state index contributed by atoms with van der Waals surface area (Å²) in [4.78, 5) is 2.45. The molecule has 0 aromatic heterocycles. The summed E-state index contributed by atoms with van der Waals surface area (Å²) in [7, 11) is 2.22. The highest BCUT2D eigenvalue weighted by molar-refractivity contribution is 5.31.